The van der Waals surface area contributed by atoms with Crippen LogP contribution in [0.1, 0.15) is 46.6 Å². The van der Waals surface area contributed by atoms with Gasteiger partial charge in [0.15, 0.2) is 0 Å². The molecule has 0 aromatic carbocycles. The summed E-state index contributed by atoms with van der Waals surface area (Å²) in [6, 6.07) is 4.37. The van der Waals surface area contributed by atoms with E-state index in [1.165, 1.54) is 17.7 Å². The standard InChI is InChI=1S/C17H29N3S/c1-16(2,3)19-13-14-6-7-15(18-12-14)20-9-8-17(4,5)21-11-10-20/h6-7,12,19H,8-11,13H2,1-5H3. The monoisotopic (exact) mass is 307 g/mol. The van der Waals surface area contributed by atoms with E-state index in [0.29, 0.717) is 4.75 Å². The summed E-state index contributed by atoms with van der Waals surface area (Å²) in [5.74, 6) is 2.30. The van der Waals surface area contributed by atoms with E-state index in [2.05, 4.69) is 73.7 Å². The summed E-state index contributed by atoms with van der Waals surface area (Å²) in [6.07, 6.45) is 3.23. The van der Waals surface area contributed by atoms with Crippen LogP contribution in [0.4, 0.5) is 5.82 Å². The van der Waals surface area contributed by atoms with Crippen LogP contribution in [0.3, 0.4) is 0 Å². The number of nitrogens with zero attached hydrogens (tertiary/aromatic N) is 2. The maximum Gasteiger partial charge on any atom is 0.128 e. The average molecular weight is 308 g/mol. The Balaban J connectivity index is 1.95. The van der Waals surface area contributed by atoms with Crippen LogP contribution in [-0.4, -0.2) is 34.1 Å². The lowest BCUT2D eigenvalue weighted by Gasteiger charge is -2.24. The van der Waals surface area contributed by atoms with Crippen LogP contribution in [0.25, 0.3) is 0 Å². The third-order valence-corrected chi connectivity index (χ3v) is 5.17. The van der Waals surface area contributed by atoms with Crippen molar-refractivity contribution in [1.82, 2.24) is 10.3 Å². The lowest BCUT2D eigenvalue weighted by atomic mass is 10.1. The normalized spacial score (nSPS) is 19.4. The van der Waals surface area contributed by atoms with Crippen molar-refractivity contribution in [2.45, 2.75) is 57.9 Å². The van der Waals surface area contributed by atoms with Gasteiger partial charge < -0.3 is 10.2 Å². The molecule has 0 bridgehead atoms. The first-order valence-corrected chi connectivity index (χ1v) is 8.83. The number of hydrogen-bond acceptors (Lipinski definition) is 4. The van der Waals surface area contributed by atoms with Gasteiger partial charge in [0.25, 0.3) is 0 Å². The van der Waals surface area contributed by atoms with Gasteiger partial charge in [0.2, 0.25) is 0 Å². The van der Waals surface area contributed by atoms with Crippen LogP contribution in [0.5, 0.6) is 0 Å². The summed E-state index contributed by atoms with van der Waals surface area (Å²) < 4.78 is 0.394. The number of anilines is 1. The third kappa shape index (κ3) is 5.51. The van der Waals surface area contributed by atoms with Crippen LogP contribution in [-0.2, 0) is 6.54 Å². The van der Waals surface area contributed by atoms with Crippen LogP contribution >= 0.6 is 11.8 Å². The Hall–Kier alpha value is -0.740. The fraction of sp³-hybridized carbons (Fsp3) is 0.706. The van der Waals surface area contributed by atoms with E-state index in [9.17, 15) is 0 Å². The molecule has 0 saturated carbocycles. The van der Waals surface area contributed by atoms with Crippen LogP contribution < -0.4 is 10.2 Å². The highest BCUT2D eigenvalue weighted by atomic mass is 32.2. The molecule has 1 aromatic heterocycles. The smallest absolute Gasteiger partial charge is 0.128 e. The second kappa shape index (κ2) is 6.57. The second-order valence-electron chi connectivity index (χ2n) is 7.47. The molecule has 2 rings (SSSR count). The van der Waals surface area contributed by atoms with Gasteiger partial charge in [0.05, 0.1) is 0 Å². The van der Waals surface area contributed by atoms with Gasteiger partial charge in [0.1, 0.15) is 5.82 Å². The predicted octanol–water partition coefficient (Wildman–Crippen LogP) is 3.69. The molecule has 1 aliphatic heterocycles. The van der Waals surface area contributed by atoms with E-state index in [4.69, 9.17) is 0 Å². The zero-order valence-electron chi connectivity index (χ0n) is 14.1. The number of aromatic nitrogens is 1. The SMILES string of the molecule is CC(C)(C)NCc1ccc(N2CCSC(C)(C)CC2)nc1. The predicted molar refractivity (Wildman–Crippen MR) is 94.2 cm³/mol. The van der Waals surface area contributed by atoms with Crippen molar-refractivity contribution in [2.75, 3.05) is 23.7 Å². The molecule has 2 heterocycles. The molecule has 0 amide bonds. The van der Waals surface area contributed by atoms with Crippen molar-refractivity contribution in [1.29, 1.82) is 0 Å². The molecule has 118 valence electrons. The Morgan fingerprint density at radius 1 is 1.29 bits per heavy atom. The zero-order valence-corrected chi connectivity index (χ0v) is 14.9. The van der Waals surface area contributed by atoms with Gasteiger partial charge in [-0.1, -0.05) is 19.9 Å². The van der Waals surface area contributed by atoms with Gasteiger partial charge >= 0.3 is 0 Å². The topological polar surface area (TPSA) is 28.2 Å². The minimum atomic E-state index is 0.145. The molecule has 0 atom stereocenters. The first kappa shape index (κ1) is 16.6. The number of rotatable bonds is 3. The van der Waals surface area contributed by atoms with Crippen LogP contribution in [0.15, 0.2) is 18.3 Å². The number of hydrogen-bond donors (Lipinski definition) is 1. The first-order valence-electron chi connectivity index (χ1n) is 7.84. The summed E-state index contributed by atoms with van der Waals surface area (Å²) in [5.41, 5.74) is 1.39. The molecule has 1 fully saturated rings. The largest absolute Gasteiger partial charge is 0.356 e. The Labute approximate surface area is 133 Å². The fourth-order valence-electron chi connectivity index (χ4n) is 2.32. The summed E-state index contributed by atoms with van der Waals surface area (Å²) in [5, 5.41) is 3.50. The highest BCUT2D eigenvalue weighted by Gasteiger charge is 2.24. The summed E-state index contributed by atoms with van der Waals surface area (Å²) in [4.78, 5) is 7.09. The van der Waals surface area contributed by atoms with E-state index < -0.39 is 0 Å². The van der Waals surface area contributed by atoms with Gasteiger partial charge in [-0.25, -0.2) is 4.98 Å². The molecule has 0 unspecified atom stereocenters. The average Bonchev–Trinajstić information content (AvgIpc) is 2.57. The van der Waals surface area contributed by atoms with Gasteiger partial charge in [0, 0.05) is 41.9 Å². The Morgan fingerprint density at radius 3 is 2.67 bits per heavy atom. The number of pyridine rings is 1. The Kier molecular flexibility index (Phi) is 5.20. The van der Waals surface area contributed by atoms with E-state index in [0.717, 1.165) is 25.5 Å². The van der Waals surface area contributed by atoms with Gasteiger partial charge in [-0.05, 0) is 38.8 Å². The third-order valence-electron chi connectivity index (χ3n) is 3.79. The van der Waals surface area contributed by atoms with Crippen molar-refractivity contribution < 1.29 is 0 Å². The highest BCUT2D eigenvalue weighted by Crippen LogP contribution is 2.31. The van der Waals surface area contributed by atoms with Gasteiger partial charge in [-0.2, -0.15) is 11.8 Å². The second-order valence-corrected chi connectivity index (χ2v) is 9.28. The summed E-state index contributed by atoms with van der Waals surface area (Å²) in [7, 11) is 0. The molecular weight excluding hydrogens is 278 g/mol. The van der Waals surface area contributed by atoms with Gasteiger partial charge in [-0.15, -0.1) is 0 Å². The minimum absolute atomic E-state index is 0.145. The lowest BCUT2D eigenvalue weighted by molar-refractivity contribution is 0.424. The Morgan fingerprint density at radius 2 is 2.05 bits per heavy atom. The molecule has 1 N–H and O–H groups in total. The van der Waals surface area contributed by atoms with Gasteiger partial charge in [-0.3, -0.25) is 0 Å². The van der Waals surface area contributed by atoms with E-state index in [-0.39, 0.29) is 5.54 Å². The van der Waals surface area contributed by atoms with Crippen molar-refractivity contribution >= 4 is 17.6 Å². The highest BCUT2D eigenvalue weighted by molar-refractivity contribution is 8.00. The number of nitrogens with one attached hydrogen (secondary N) is 1. The maximum absolute atomic E-state index is 4.67. The van der Waals surface area contributed by atoms with Crippen molar-refractivity contribution in [3.63, 3.8) is 0 Å². The quantitative estimate of drug-likeness (QED) is 0.922. The summed E-state index contributed by atoms with van der Waals surface area (Å²) in [6.45, 7) is 14.3. The van der Waals surface area contributed by atoms with Crippen LogP contribution in [0, 0.1) is 0 Å². The molecule has 3 nitrogen and oxygen atoms in total. The minimum Gasteiger partial charge on any atom is -0.356 e. The first-order chi connectivity index (χ1) is 9.75. The Bertz CT molecular complexity index is 448. The molecule has 21 heavy (non-hydrogen) atoms. The molecule has 1 saturated heterocycles. The lowest BCUT2D eigenvalue weighted by Crippen LogP contribution is -2.35. The van der Waals surface area contributed by atoms with Crippen LogP contribution in [0.2, 0.25) is 0 Å². The van der Waals surface area contributed by atoms with E-state index in [1.54, 1.807) is 0 Å². The summed E-state index contributed by atoms with van der Waals surface area (Å²) >= 11 is 2.07. The van der Waals surface area contributed by atoms with Crippen molar-refractivity contribution in [3.8, 4) is 0 Å². The number of thioether (sulfide) groups is 1. The molecule has 0 spiro atoms. The molecule has 0 aliphatic carbocycles. The van der Waals surface area contributed by atoms with E-state index in [1.807, 2.05) is 6.20 Å². The van der Waals surface area contributed by atoms with Crippen molar-refractivity contribution in [3.05, 3.63) is 23.9 Å². The molecule has 1 aliphatic rings. The molecule has 1 aromatic rings. The zero-order chi connectivity index (χ0) is 15.5. The van der Waals surface area contributed by atoms with Crippen molar-refractivity contribution in [2.24, 2.45) is 0 Å². The molecule has 4 heteroatoms. The maximum atomic E-state index is 4.67. The molecular formula is C17H29N3S. The van der Waals surface area contributed by atoms with E-state index >= 15 is 0 Å². The molecule has 0 radical (unpaired) electrons. The fourth-order valence-corrected chi connectivity index (χ4v) is 3.42.